The van der Waals surface area contributed by atoms with Gasteiger partial charge in [-0.05, 0) is 18.8 Å². The van der Waals surface area contributed by atoms with E-state index in [9.17, 15) is 0 Å². The summed E-state index contributed by atoms with van der Waals surface area (Å²) in [5, 5.41) is 0. The van der Waals surface area contributed by atoms with Crippen LogP contribution in [0.3, 0.4) is 0 Å². The minimum absolute atomic E-state index is 1.04. The molecule has 0 aliphatic heterocycles. The topological polar surface area (TPSA) is 0 Å². The lowest BCUT2D eigenvalue weighted by Gasteiger charge is -2.03. The van der Waals surface area contributed by atoms with Gasteiger partial charge in [0.25, 0.3) is 0 Å². The number of hydrogen-bond donors (Lipinski definition) is 0. The monoisotopic (exact) mass is 124 g/mol. The van der Waals surface area contributed by atoms with Crippen molar-refractivity contribution in [1.29, 1.82) is 0 Å². The van der Waals surface area contributed by atoms with Gasteiger partial charge in [-0.25, -0.2) is 0 Å². The summed E-state index contributed by atoms with van der Waals surface area (Å²) in [5.41, 5.74) is 0. The first-order chi connectivity index (χ1) is 4.43. The smallest absolute Gasteiger partial charge is 0.0351 e. The zero-order chi connectivity index (χ0) is 6.53. The summed E-state index contributed by atoms with van der Waals surface area (Å²) in [6, 6.07) is 0. The molecule has 52 valence electrons. The second-order valence-corrected chi connectivity index (χ2v) is 3.02. The third-order valence-corrected chi connectivity index (χ3v) is 2.25. The first-order valence-corrected chi connectivity index (χ1v) is 4.04. The van der Waals surface area contributed by atoms with E-state index in [2.05, 4.69) is 6.58 Å². The highest BCUT2D eigenvalue weighted by Crippen LogP contribution is 2.28. The average Bonchev–Trinajstić information content (AvgIpc) is 2.34. The van der Waals surface area contributed by atoms with Crippen LogP contribution >= 0.6 is 0 Å². The van der Waals surface area contributed by atoms with Crippen LogP contribution in [0.1, 0.15) is 38.5 Å². The molecule has 1 fully saturated rings. The molecule has 0 nitrogen and oxygen atoms in total. The van der Waals surface area contributed by atoms with Gasteiger partial charge in [-0.3, -0.25) is 0 Å². The predicted molar refractivity (Wildman–Crippen MR) is 41.4 cm³/mol. The van der Waals surface area contributed by atoms with Crippen LogP contribution in [0.2, 0.25) is 0 Å². The first-order valence-electron chi connectivity index (χ1n) is 4.04. The van der Waals surface area contributed by atoms with Gasteiger partial charge in [0.2, 0.25) is 0 Å². The van der Waals surface area contributed by atoms with Gasteiger partial charge >= 0.3 is 0 Å². The van der Waals surface area contributed by atoms with Gasteiger partial charge in [0.05, 0.1) is 0 Å². The molecule has 0 heterocycles. The van der Waals surface area contributed by atoms with E-state index < -0.39 is 0 Å². The maximum Gasteiger partial charge on any atom is -0.0351 e. The highest BCUT2D eigenvalue weighted by Gasteiger charge is 2.12. The van der Waals surface area contributed by atoms with E-state index in [0.29, 0.717) is 0 Å². The maximum absolute atomic E-state index is 3.72. The molecule has 0 N–H and O–H groups in total. The van der Waals surface area contributed by atoms with Crippen LogP contribution < -0.4 is 0 Å². The molecule has 0 atom stereocenters. The molecular formula is C9H16. The van der Waals surface area contributed by atoms with E-state index in [0.717, 1.165) is 5.92 Å². The Labute approximate surface area is 58.0 Å². The Morgan fingerprint density at radius 1 is 1.33 bits per heavy atom. The zero-order valence-electron chi connectivity index (χ0n) is 6.10. The fourth-order valence-corrected chi connectivity index (χ4v) is 1.65. The highest BCUT2D eigenvalue weighted by atomic mass is 14.2. The van der Waals surface area contributed by atoms with Crippen molar-refractivity contribution in [2.75, 3.05) is 0 Å². The summed E-state index contributed by atoms with van der Waals surface area (Å²) in [6.45, 7) is 3.72. The molecule has 9 heavy (non-hydrogen) atoms. The molecule has 0 amide bonds. The summed E-state index contributed by atoms with van der Waals surface area (Å²) in [5.74, 6) is 1.04. The fourth-order valence-electron chi connectivity index (χ4n) is 1.65. The summed E-state index contributed by atoms with van der Waals surface area (Å²) >= 11 is 0. The maximum atomic E-state index is 3.72. The van der Waals surface area contributed by atoms with Crippen molar-refractivity contribution in [3.63, 3.8) is 0 Å². The second-order valence-electron chi connectivity index (χ2n) is 3.02. The third-order valence-electron chi connectivity index (χ3n) is 2.25. The normalized spacial score (nSPS) is 20.4. The van der Waals surface area contributed by atoms with Crippen LogP contribution in [0, 0.1) is 5.92 Å². The van der Waals surface area contributed by atoms with Crippen LogP contribution in [0.25, 0.3) is 0 Å². The Bertz CT molecular complexity index is 78.0. The molecule has 0 aromatic carbocycles. The largest absolute Gasteiger partial charge is 0.103 e. The fraction of sp³-hybridized carbons (Fsp3) is 0.778. The van der Waals surface area contributed by atoms with E-state index in [1.165, 1.54) is 38.5 Å². The van der Waals surface area contributed by atoms with Crippen molar-refractivity contribution in [1.82, 2.24) is 0 Å². The van der Waals surface area contributed by atoms with E-state index in [-0.39, 0.29) is 0 Å². The lowest BCUT2D eigenvalue weighted by Crippen LogP contribution is -1.90. The SMILES string of the molecule is C=CCCC1CCCC1. The van der Waals surface area contributed by atoms with Crippen LogP contribution in [-0.2, 0) is 0 Å². The molecule has 0 bridgehead atoms. The molecule has 0 radical (unpaired) electrons. The van der Waals surface area contributed by atoms with Crippen LogP contribution in [0.4, 0.5) is 0 Å². The molecule has 0 unspecified atom stereocenters. The van der Waals surface area contributed by atoms with Crippen molar-refractivity contribution < 1.29 is 0 Å². The van der Waals surface area contributed by atoms with Gasteiger partial charge in [-0.1, -0.05) is 31.8 Å². The minimum atomic E-state index is 1.04. The molecule has 1 aliphatic carbocycles. The van der Waals surface area contributed by atoms with Gasteiger partial charge in [0.15, 0.2) is 0 Å². The molecule has 0 saturated heterocycles. The molecule has 1 aliphatic rings. The number of allylic oxidation sites excluding steroid dienone is 1. The zero-order valence-corrected chi connectivity index (χ0v) is 6.10. The lowest BCUT2D eigenvalue weighted by atomic mass is 10.0. The van der Waals surface area contributed by atoms with Gasteiger partial charge in [-0.2, -0.15) is 0 Å². The first kappa shape index (κ1) is 6.85. The van der Waals surface area contributed by atoms with Gasteiger partial charge in [0.1, 0.15) is 0 Å². The van der Waals surface area contributed by atoms with Crippen molar-refractivity contribution in [2.45, 2.75) is 38.5 Å². The summed E-state index contributed by atoms with van der Waals surface area (Å²) in [4.78, 5) is 0. The Morgan fingerprint density at radius 2 is 2.00 bits per heavy atom. The molecule has 1 saturated carbocycles. The minimum Gasteiger partial charge on any atom is -0.103 e. The highest BCUT2D eigenvalue weighted by molar-refractivity contribution is 4.73. The second kappa shape index (κ2) is 3.71. The van der Waals surface area contributed by atoms with Crippen LogP contribution in [0.5, 0.6) is 0 Å². The molecule has 1 rings (SSSR count). The third kappa shape index (κ3) is 2.21. The number of rotatable bonds is 3. The molecule has 0 heteroatoms. The Morgan fingerprint density at radius 3 is 2.56 bits per heavy atom. The molecule has 0 spiro atoms. The molecule has 0 aromatic heterocycles. The van der Waals surface area contributed by atoms with Gasteiger partial charge in [-0.15, -0.1) is 6.58 Å². The summed E-state index contributed by atoms with van der Waals surface area (Å²) in [7, 11) is 0. The Hall–Kier alpha value is -0.260. The van der Waals surface area contributed by atoms with E-state index in [1.54, 1.807) is 0 Å². The summed E-state index contributed by atoms with van der Waals surface area (Å²) < 4.78 is 0. The van der Waals surface area contributed by atoms with Crippen LogP contribution in [-0.4, -0.2) is 0 Å². The van der Waals surface area contributed by atoms with Crippen LogP contribution in [0.15, 0.2) is 12.7 Å². The van der Waals surface area contributed by atoms with E-state index in [1.807, 2.05) is 6.08 Å². The summed E-state index contributed by atoms with van der Waals surface area (Å²) in [6.07, 6.45) is 10.6. The lowest BCUT2D eigenvalue weighted by molar-refractivity contribution is 0.509. The quantitative estimate of drug-likeness (QED) is 0.507. The standard InChI is InChI=1S/C9H16/c1-2-3-6-9-7-4-5-8-9/h2,9H,1,3-8H2. The number of hydrogen-bond acceptors (Lipinski definition) is 0. The van der Waals surface area contributed by atoms with E-state index >= 15 is 0 Å². The van der Waals surface area contributed by atoms with Crippen molar-refractivity contribution in [3.05, 3.63) is 12.7 Å². The van der Waals surface area contributed by atoms with Crippen molar-refractivity contribution >= 4 is 0 Å². The Kier molecular flexibility index (Phi) is 2.82. The molecule has 0 aromatic rings. The van der Waals surface area contributed by atoms with Crippen molar-refractivity contribution in [3.8, 4) is 0 Å². The molecular weight excluding hydrogens is 108 g/mol. The average molecular weight is 124 g/mol. The van der Waals surface area contributed by atoms with Gasteiger partial charge < -0.3 is 0 Å². The van der Waals surface area contributed by atoms with Gasteiger partial charge in [0, 0.05) is 0 Å². The van der Waals surface area contributed by atoms with E-state index in [4.69, 9.17) is 0 Å². The van der Waals surface area contributed by atoms with Crippen molar-refractivity contribution in [2.24, 2.45) is 5.92 Å². The predicted octanol–water partition coefficient (Wildman–Crippen LogP) is 3.14. The Balaban J connectivity index is 2.04.